The summed E-state index contributed by atoms with van der Waals surface area (Å²) >= 11 is 0. The molecule has 1 aromatic carbocycles. The Morgan fingerprint density at radius 1 is 0.967 bits per heavy atom. The largest absolute Gasteiger partial charge is 0.306 e. The van der Waals surface area contributed by atoms with Gasteiger partial charge in [0.25, 0.3) is 0 Å². The van der Waals surface area contributed by atoms with E-state index in [4.69, 9.17) is 0 Å². The van der Waals surface area contributed by atoms with Gasteiger partial charge in [0.05, 0.1) is 11.7 Å². The summed E-state index contributed by atoms with van der Waals surface area (Å²) in [5.41, 5.74) is 6.11. The first-order valence-corrected chi connectivity index (χ1v) is 11.1. The van der Waals surface area contributed by atoms with Crippen LogP contribution in [-0.2, 0) is 12.8 Å². The molecule has 30 heavy (non-hydrogen) atoms. The molecule has 2 heterocycles. The van der Waals surface area contributed by atoms with Crippen LogP contribution in [0.4, 0.5) is 0 Å². The minimum absolute atomic E-state index is 0.933. The van der Waals surface area contributed by atoms with Gasteiger partial charge in [-0.1, -0.05) is 50.6 Å². The molecule has 0 amide bonds. The summed E-state index contributed by atoms with van der Waals surface area (Å²) in [4.78, 5) is 11.5. The highest BCUT2D eigenvalue weighted by Gasteiger charge is 2.06. The first-order chi connectivity index (χ1) is 14.7. The molecule has 0 fully saturated rings. The van der Waals surface area contributed by atoms with Crippen molar-refractivity contribution >= 4 is 10.9 Å². The first kappa shape index (κ1) is 25.5. The number of rotatable bonds is 8. The Balaban J connectivity index is 0.00000106. The van der Waals surface area contributed by atoms with Gasteiger partial charge in [-0.15, -0.1) is 13.2 Å². The topological polar surface area (TPSA) is 29.0 Å². The van der Waals surface area contributed by atoms with Gasteiger partial charge in [0.1, 0.15) is 0 Å². The van der Waals surface area contributed by atoms with Gasteiger partial charge in [-0.3, -0.25) is 9.97 Å². The summed E-state index contributed by atoms with van der Waals surface area (Å²) in [6.07, 6.45) is 8.12. The van der Waals surface area contributed by atoms with Gasteiger partial charge in [0.15, 0.2) is 0 Å². The number of aromatic nitrogens is 2. The molecule has 2 aromatic heterocycles. The standard InChI is InChI=1S/C23H29N3.C2H6.C2H4/c1-4-13-26(3)14-5-6-21-16-22-20(11-12-24-23(22)17-25-21)15-19-9-7-18(2)8-10-19;2*1-2/h7-12,16-17H,4-6,13-15H2,1-3H3;1-2H3;1-2H2. The van der Waals surface area contributed by atoms with E-state index in [2.05, 4.69) is 85.3 Å². The summed E-state index contributed by atoms with van der Waals surface area (Å²) in [6.45, 7) is 16.6. The van der Waals surface area contributed by atoms with Crippen LogP contribution in [0.2, 0.25) is 0 Å². The molecule has 0 N–H and O–H groups in total. The summed E-state index contributed by atoms with van der Waals surface area (Å²) in [6, 6.07) is 13.2. The van der Waals surface area contributed by atoms with Crippen molar-refractivity contribution in [3.8, 4) is 0 Å². The first-order valence-electron chi connectivity index (χ1n) is 11.1. The smallest absolute Gasteiger partial charge is 0.0888 e. The normalized spacial score (nSPS) is 10.2. The average molecular weight is 406 g/mol. The lowest BCUT2D eigenvalue weighted by atomic mass is 10.0. The van der Waals surface area contributed by atoms with Crippen LogP contribution in [0.5, 0.6) is 0 Å². The predicted octanol–water partition coefficient (Wildman–Crippen LogP) is 6.63. The second kappa shape index (κ2) is 14.5. The van der Waals surface area contributed by atoms with Crippen molar-refractivity contribution in [2.24, 2.45) is 0 Å². The van der Waals surface area contributed by atoms with Gasteiger partial charge in [-0.2, -0.15) is 0 Å². The summed E-state index contributed by atoms with van der Waals surface area (Å²) in [5.74, 6) is 0. The molecule has 3 rings (SSSR count). The van der Waals surface area contributed by atoms with E-state index in [1.54, 1.807) is 0 Å². The van der Waals surface area contributed by atoms with E-state index in [0.717, 1.165) is 37.9 Å². The van der Waals surface area contributed by atoms with Gasteiger partial charge < -0.3 is 4.90 Å². The van der Waals surface area contributed by atoms with E-state index >= 15 is 0 Å². The van der Waals surface area contributed by atoms with Gasteiger partial charge in [-0.25, -0.2) is 0 Å². The maximum absolute atomic E-state index is 4.63. The molecule has 0 aliphatic carbocycles. The second-order valence-corrected chi connectivity index (χ2v) is 7.23. The fraction of sp³-hybridized carbons (Fsp3) is 0.407. The molecule has 3 aromatic rings. The quantitative estimate of drug-likeness (QED) is 0.394. The monoisotopic (exact) mass is 405 g/mol. The highest BCUT2D eigenvalue weighted by atomic mass is 15.1. The minimum Gasteiger partial charge on any atom is -0.306 e. The summed E-state index contributed by atoms with van der Waals surface area (Å²) in [7, 11) is 2.20. The minimum atomic E-state index is 0.933. The van der Waals surface area contributed by atoms with Crippen LogP contribution < -0.4 is 0 Å². The average Bonchev–Trinajstić information content (AvgIpc) is 2.79. The SMILES string of the molecule is C=C.CC.CCCN(C)CCCc1cc2c(Cc3ccc(C)cc3)ccnc2cn1. The van der Waals surface area contributed by atoms with Crippen molar-refractivity contribution in [1.82, 2.24) is 14.9 Å². The Kier molecular flexibility index (Phi) is 12.3. The molecular weight excluding hydrogens is 366 g/mol. The fourth-order valence-corrected chi connectivity index (χ4v) is 3.39. The van der Waals surface area contributed by atoms with Gasteiger partial charge in [0, 0.05) is 17.3 Å². The Morgan fingerprint density at radius 2 is 1.67 bits per heavy atom. The van der Waals surface area contributed by atoms with Crippen molar-refractivity contribution in [2.45, 2.75) is 53.4 Å². The number of aryl methyl sites for hydroxylation is 2. The summed E-state index contributed by atoms with van der Waals surface area (Å²) < 4.78 is 0. The third kappa shape index (κ3) is 8.08. The van der Waals surface area contributed by atoms with E-state index < -0.39 is 0 Å². The van der Waals surface area contributed by atoms with Crippen molar-refractivity contribution in [3.05, 3.63) is 84.3 Å². The molecule has 0 radical (unpaired) electrons. The zero-order chi connectivity index (χ0) is 22.4. The number of pyridine rings is 2. The van der Waals surface area contributed by atoms with Crippen LogP contribution in [0.15, 0.2) is 61.9 Å². The molecule has 0 saturated heterocycles. The van der Waals surface area contributed by atoms with Crippen molar-refractivity contribution < 1.29 is 0 Å². The maximum Gasteiger partial charge on any atom is 0.0888 e. The van der Waals surface area contributed by atoms with Crippen LogP contribution in [0.3, 0.4) is 0 Å². The molecule has 0 saturated carbocycles. The molecule has 0 aliphatic rings. The Bertz CT molecular complexity index is 856. The van der Waals surface area contributed by atoms with Gasteiger partial charge >= 0.3 is 0 Å². The molecule has 162 valence electrons. The van der Waals surface area contributed by atoms with E-state index in [1.807, 2.05) is 26.2 Å². The lowest BCUT2D eigenvalue weighted by molar-refractivity contribution is 0.330. The highest BCUT2D eigenvalue weighted by Crippen LogP contribution is 2.21. The number of hydrogen-bond acceptors (Lipinski definition) is 3. The molecule has 0 aliphatic heterocycles. The van der Waals surface area contributed by atoms with E-state index in [-0.39, 0.29) is 0 Å². The molecular formula is C27H39N3. The van der Waals surface area contributed by atoms with Gasteiger partial charge in [-0.05, 0) is 76.0 Å². The van der Waals surface area contributed by atoms with Crippen molar-refractivity contribution in [3.63, 3.8) is 0 Å². The molecule has 3 heteroatoms. The third-order valence-electron chi connectivity index (χ3n) is 4.87. The van der Waals surface area contributed by atoms with Crippen molar-refractivity contribution in [1.29, 1.82) is 0 Å². The highest BCUT2D eigenvalue weighted by molar-refractivity contribution is 5.81. The van der Waals surface area contributed by atoms with Crippen LogP contribution in [0.1, 0.15) is 56.0 Å². The van der Waals surface area contributed by atoms with E-state index in [0.29, 0.717) is 0 Å². The van der Waals surface area contributed by atoms with Crippen LogP contribution in [0, 0.1) is 6.92 Å². The van der Waals surface area contributed by atoms with Crippen LogP contribution in [-0.4, -0.2) is 35.0 Å². The Labute approximate surface area is 183 Å². The molecule has 0 unspecified atom stereocenters. The van der Waals surface area contributed by atoms with Crippen molar-refractivity contribution in [2.75, 3.05) is 20.1 Å². The lowest BCUT2D eigenvalue weighted by Crippen LogP contribution is -2.20. The number of benzene rings is 1. The lowest BCUT2D eigenvalue weighted by Gasteiger charge is -2.15. The molecule has 0 bridgehead atoms. The Hall–Kier alpha value is -2.52. The second-order valence-electron chi connectivity index (χ2n) is 7.23. The zero-order valence-corrected chi connectivity index (χ0v) is 19.6. The number of nitrogens with zero attached hydrogens (tertiary/aromatic N) is 3. The molecule has 0 atom stereocenters. The predicted molar refractivity (Wildman–Crippen MR) is 132 cm³/mol. The maximum atomic E-state index is 4.63. The van der Waals surface area contributed by atoms with Crippen LogP contribution in [0.25, 0.3) is 10.9 Å². The number of hydrogen-bond donors (Lipinski definition) is 0. The third-order valence-corrected chi connectivity index (χ3v) is 4.87. The van der Waals surface area contributed by atoms with E-state index in [1.165, 1.54) is 34.2 Å². The fourth-order valence-electron chi connectivity index (χ4n) is 3.39. The van der Waals surface area contributed by atoms with E-state index in [9.17, 15) is 0 Å². The van der Waals surface area contributed by atoms with Gasteiger partial charge in [0.2, 0.25) is 0 Å². The van der Waals surface area contributed by atoms with Crippen LogP contribution >= 0.6 is 0 Å². The molecule has 3 nitrogen and oxygen atoms in total. The molecule has 0 spiro atoms. The Morgan fingerprint density at radius 3 is 2.33 bits per heavy atom. The summed E-state index contributed by atoms with van der Waals surface area (Å²) in [5, 5.41) is 1.24. The zero-order valence-electron chi connectivity index (χ0n) is 19.6. The number of fused-ring (bicyclic) bond motifs is 1.